The first-order chi connectivity index (χ1) is 8.79. The van der Waals surface area contributed by atoms with Gasteiger partial charge in [-0.2, -0.15) is 0 Å². The predicted octanol–water partition coefficient (Wildman–Crippen LogP) is 2.44. The molecule has 18 heavy (non-hydrogen) atoms. The Morgan fingerprint density at radius 2 is 2.22 bits per heavy atom. The molecule has 2 aromatic heterocycles. The molecule has 1 N–H and O–H groups in total. The zero-order valence-electron chi connectivity index (χ0n) is 10.2. The minimum absolute atomic E-state index is 0.516. The fraction of sp³-hybridized carbons (Fsp3) is 0.417. The highest BCUT2D eigenvalue weighted by atomic mass is 79.9. The zero-order valence-corrected chi connectivity index (χ0v) is 11.8. The van der Waals surface area contributed by atoms with Crippen LogP contribution in [0.15, 0.2) is 27.3 Å². The van der Waals surface area contributed by atoms with Crippen molar-refractivity contribution in [2.75, 3.05) is 13.1 Å². The molecule has 0 unspecified atom stereocenters. The Balaban J connectivity index is 1.97. The predicted molar refractivity (Wildman–Crippen MR) is 72.1 cm³/mol. The maximum absolute atomic E-state index is 5.59. The van der Waals surface area contributed by atoms with Gasteiger partial charge in [0.15, 0.2) is 0 Å². The second-order valence-electron chi connectivity index (χ2n) is 3.85. The summed E-state index contributed by atoms with van der Waals surface area (Å²) in [7, 11) is 0. The van der Waals surface area contributed by atoms with Gasteiger partial charge >= 0.3 is 0 Å². The molecule has 0 amide bonds. The number of aryl methyl sites for hydroxylation is 1. The molecule has 0 atom stereocenters. The Hall–Kier alpha value is -1.27. The van der Waals surface area contributed by atoms with Gasteiger partial charge in [0.25, 0.3) is 0 Å². The van der Waals surface area contributed by atoms with Crippen LogP contribution < -0.4 is 5.32 Å². The lowest BCUT2D eigenvalue weighted by molar-refractivity contribution is 0.492. The van der Waals surface area contributed by atoms with Crippen LogP contribution in [-0.4, -0.2) is 28.3 Å². The number of pyridine rings is 1. The molecule has 0 aromatic carbocycles. The highest BCUT2D eigenvalue weighted by Gasteiger charge is 2.08. The van der Waals surface area contributed by atoms with Crippen molar-refractivity contribution in [3.05, 3.63) is 28.8 Å². The smallest absolute Gasteiger partial charge is 0.249 e. The van der Waals surface area contributed by atoms with E-state index in [0.717, 1.165) is 36.0 Å². The fourth-order valence-corrected chi connectivity index (χ4v) is 1.91. The summed E-state index contributed by atoms with van der Waals surface area (Å²) in [5, 5.41) is 11.3. The Morgan fingerprint density at radius 3 is 3.00 bits per heavy atom. The van der Waals surface area contributed by atoms with Crippen LogP contribution in [-0.2, 0) is 6.42 Å². The van der Waals surface area contributed by atoms with E-state index in [-0.39, 0.29) is 0 Å². The molecule has 6 heteroatoms. The lowest BCUT2D eigenvalue weighted by Gasteiger charge is -1.97. The molecule has 0 saturated carbocycles. The van der Waals surface area contributed by atoms with E-state index in [1.807, 2.05) is 6.07 Å². The van der Waals surface area contributed by atoms with Gasteiger partial charge in [-0.1, -0.05) is 6.92 Å². The van der Waals surface area contributed by atoms with Gasteiger partial charge in [0.1, 0.15) is 0 Å². The van der Waals surface area contributed by atoms with E-state index in [1.54, 1.807) is 12.4 Å². The van der Waals surface area contributed by atoms with E-state index in [2.05, 4.69) is 43.4 Å². The van der Waals surface area contributed by atoms with Gasteiger partial charge in [0, 0.05) is 23.3 Å². The van der Waals surface area contributed by atoms with Crippen LogP contribution in [0.1, 0.15) is 19.2 Å². The van der Waals surface area contributed by atoms with E-state index in [1.165, 1.54) is 0 Å². The standard InChI is InChI=1S/C12H15BrN4O/c1-2-14-5-3-4-11-16-17-12(18-11)9-6-10(13)8-15-7-9/h6-8,14H,2-5H2,1H3. The number of hydrogen-bond acceptors (Lipinski definition) is 5. The topological polar surface area (TPSA) is 63.8 Å². The van der Waals surface area contributed by atoms with Crippen LogP contribution in [0.2, 0.25) is 0 Å². The first-order valence-corrected chi connectivity index (χ1v) is 6.73. The lowest BCUT2D eigenvalue weighted by atomic mass is 10.3. The van der Waals surface area contributed by atoms with Gasteiger partial charge in [0.2, 0.25) is 11.8 Å². The van der Waals surface area contributed by atoms with Crippen LogP contribution in [0.25, 0.3) is 11.5 Å². The van der Waals surface area contributed by atoms with E-state index in [4.69, 9.17) is 4.42 Å². The number of nitrogens with zero attached hydrogens (tertiary/aromatic N) is 3. The third-order valence-electron chi connectivity index (χ3n) is 2.41. The Labute approximate surface area is 114 Å². The third-order valence-corrected chi connectivity index (χ3v) is 2.85. The van der Waals surface area contributed by atoms with Crippen molar-refractivity contribution < 1.29 is 4.42 Å². The Kier molecular flexibility index (Phi) is 4.83. The molecule has 0 aliphatic carbocycles. The fourth-order valence-electron chi connectivity index (χ4n) is 1.54. The highest BCUT2D eigenvalue weighted by Crippen LogP contribution is 2.20. The minimum atomic E-state index is 0.516. The lowest BCUT2D eigenvalue weighted by Crippen LogP contribution is -2.14. The zero-order chi connectivity index (χ0) is 12.8. The Bertz CT molecular complexity index is 500. The highest BCUT2D eigenvalue weighted by molar-refractivity contribution is 9.10. The van der Waals surface area contributed by atoms with Crippen LogP contribution in [0, 0.1) is 0 Å². The van der Waals surface area contributed by atoms with Crippen molar-refractivity contribution >= 4 is 15.9 Å². The molecule has 0 aliphatic heterocycles. The number of aromatic nitrogens is 3. The molecule has 0 bridgehead atoms. The summed E-state index contributed by atoms with van der Waals surface area (Å²) in [6, 6.07) is 1.91. The molecule has 2 heterocycles. The summed E-state index contributed by atoms with van der Waals surface area (Å²) in [5.74, 6) is 1.19. The molecule has 0 radical (unpaired) electrons. The van der Waals surface area contributed by atoms with E-state index < -0.39 is 0 Å². The van der Waals surface area contributed by atoms with Crippen molar-refractivity contribution in [3.8, 4) is 11.5 Å². The third kappa shape index (κ3) is 3.61. The van der Waals surface area contributed by atoms with Crippen LogP contribution in [0.5, 0.6) is 0 Å². The maximum Gasteiger partial charge on any atom is 0.249 e. The average Bonchev–Trinajstić information content (AvgIpc) is 2.83. The summed E-state index contributed by atoms with van der Waals surface area (Å²) in [6.07, 6.45) is 5.21. The molecular formula is C12H15BrN4O. The van der Waals surface area contributed by atoms with Crippen molar-refractivity contribution in [2.45, 2.75) is 19.8 Å². The van der Waals surface area contributed by atoms with E-state index in [9.17, 15) is 0 Å². The summed E-state index contributed by atoms with van der Waals surface area (Å²) >= 11 is 3.36. The van der Waals surface area contributed by atoms with Crippen molar-refractivity contribution in [1.82, 2.24) is 20.5 Å². The summed E-state index contributed by atoms with van der Waals surface area (Å²) < 4.78 is 6.49. The van der Waals surface area contributed by atoms with Gasteiger partial charge in [-0.3, -0.25) is 4.98 Å². The van der Waals surface area contributed by atoms with Gasteiger partial charge in [-0.15, -0.1) is 10.2 Å². The SMILES string of the molecule is CCNCCCc1nnc(-c2cncc(Br)c2)o1. The van der Waals surface area contributed by atoms with Crippen LogP contribution >= 0.6 is 15.9 Å². The maximum atomic E-state index is 5.59. The minimum Gasteiger partial charge on any atom is -0.421 e. The monoisotopic (exact) mass is 310 g/mol. The molecule has 2 rings (SSSR count). The largest absolute Gasteiger partial charge is 0.421 e. The van der Waals surface area contributed by atoms with E-state index in [0.29, 0.717) is 11.8 Å². The molecule has 0 aliphatic rings. The van der Waals surface area contributed by atoms with Gasteiger partial charge < -0.3 is 9.73 Å². The van der Waals surface area contributed by atoms with Gasteiger partial charge in [0.05, 0.1) is 5.56 Å². The van der Waals surface area contributed by atoms with Crippen LogP contribution in [0.4, 0.5) is 0 Å². The first kappa shape index (κ1) is 13.2. The van der Waals surface area contributed by atoms with E-state index >= 15 is 0 Å². The summed E-state index contributed by atoms with van der Waals surface area (Å²) in [5.41, 5.74) is 0.829. The van der Waals surface area contributed by atoms with Crippen molar-refractivity contribution in [2.24, 2.45) is 0 Å². The van der Waals surface area contributed by atoms with Gasteiger partial charge in [-0.05, 0) is 41.5 Å². The first-order valence-electron chi connectivity index (χ1n) is 5.93. The van der Waals surface area contributed by atoms with Crippen molar-refractivity contribution in [1.29, 1.82) is 0 Å². The molecule has 5 nitrogen and oxygen atoms in total. The number of hydrogen-bond donors (Lipinski definition) is 1. The molecule has 2 aromatic rings. The van der Waals surface area contributed by atoms with Crippen molar-refractivity contribution in [3.63, 3.8) is 0 Å². The molecule has 96 valence electrons. The Morgan fingerprint density at radius 1 is 1.33 bits per heavy atom. The summed E-state index contributed by atoms with van der Waals surface area (Å²) in [4.78, 5) is 4.07. The normalized spacial score (nSPS) is 10.8. The number of halogens is 1. The number of nitrogens with one attached hydrogen (secondary N) is 1. The average molecular weight is 311 g/mol. The summed E-state index contributed by atoms with van der Waals surface area (Å²) in [6.45, 7) is 4.04. The van der Waals surface area contributed by atoms with Gasteiger partial charge in [-0.25, -0.2) is 0 Å². The molecule has 0 spiro atoms. The molecule has 0 fully saturated rings. The van der Waals surface area contributed by atoms with Crippen LogP contribution in [0.3, 0.4) is 0 Å². The molecular weight excluding hydrogens is 296 g/mol. The number of rotatable bonds is 6. The quantitative estimate of drug-likeness (QED) is 0.830. The molecule has 0 saturated heterocycles. The second kappa shape index (κ2) is 6.61. The second-order valence-corrected chi connectivity index (χ2v) is 4.77.